The van der Waals surface area contributed by atoms with E-state index in [-0.39, 0.29) is 36.0 Å². The fourth-order valence-corrected chi connectivity index (χ4v) is 0. The first-order valence-corrected chi connectivity index (χ1v) is 0.859. The Kier molecular flexibility index (Phi) is 89.9. The molecule has 0 atom stereocenters. The Morgan fingerprint density at radius 3 is 1.71 bits per heavy atom. The van der Waals surface area contributed by atoms with Gasteiger partial charge in [-0.2, -0.15) is 0 Å². The van der Waals surface area contributed by atoms with Gasteiger partial charge in [-0.15, -0.1) is 5.34 Å². The zero-order chi connectivity index (χ0) is 5.41. The molecule has 0 unspecified atom stereocenters. The van der Waals surface area contributed by atoms with Crippen molar-refractivity contribution in [2.45, 2.75) is 0 Å². The van der Waals surface area contributed by atoms with Gasteiger partial charge in [0.05, 0.1) is 0 Å². The summed E-state index contributed by atoms with van der Waals surface area (Å²) in [6.45, 7) is -0.250. The van der Waals surface area contributed by atoms with E-state index in [0.29, 0.717) is 0 Å². The molecular formula is CH2NNaO4. The van der Waals surface area contributed by atoms with E-state index < -0.39 is 0 Å². The molecule has 0 saturated carbocycles. The van der Waals surface area contributed by atoms with Crippen molar-refractivity contribution in [1.82, 2.24) is 0 Å². The van der Waals surface area contributed by atoms with Crippen molar-refractivity contribution in [1.29, 1.82) is 0 Å². The maximum atomic E-state index is 8.36. The Morgan fingerprint density at radius 1 is 1.71 bits per heavy atom. The van der Waals surface area contributed by atoms with E-state index >= 15 is 0 Å². The van der Waals surface area contributed by atoms with Crippen LogP contribution in [0, 0.1) is 10.1 Å². The third-order valence-corrected chi connectivity index (χ3v) is 0. The monoisotopic (exact) mass is 115 g/mol. The molecule has 0 heterocycles. The third kappa shape index (κ3) is 5200. The molecule has 0 aromatic rings. The number of rotatable bonds is 0. The average molecular weight is 115 g/mol. The Hall–Kier alpha value is -0.130. The van der Waals surface area contributed by atoms with Crippen LogP contribution in [0.3, 0.4) is 0 Å². The Bertz CT molecular complexity index is 32.7. The van der Waals surface area contributed by atoms with Crippen LogP contribution >= 0.6 is 0 Å². The van der Waals surface area contributed by atoms with Gasteiger partial charge in [-0.05, 0) is 0 Å². The topological polar surface area (TPSA) is 89.8 Å². The van der Waals surface area contributed by atoms with Crippen LogP contribution < -0.4 is 29.6 Å². The number of hydrogen-bond acceptors (Lipinski definition) is 4. The summed E-state index contributed by atoms with van der Waals surface area (Å²) in [6, 6.07) is 0. The van der Waals surface area contributed by atoms with Crippen LogP contribution in [0.1, 0.15) is 0 Å². The summed E-state index contributed by atoms with van der Waals surface area (Å²) >= 11 is 0. The smallest absolute Gasteiger partial charge is 0.483 e. The minimum Gasteiger partial charge on any atom is -0.483 e. The van der Waals surface area contributed by atoms with Crippen molar-refractivity contribution in [2.24, 2.45) is 5.34 Å². The molecule has 7 heavy (non-hydrogen) atoms. The van der Waals surface area contributed by atoms with Crippen LogP contribution in [0.2, 0.25) is 0 Å². The van der Waals surface area contributed by atoms with Crippen molar-refractivity contribution < 1.29 is 39.5 Å². The minimum absolute atomic E-state index is 0. The molecule has 6 heteroatoms. The van der Waals surface area contributed by atoms with E-state index in [2.05, 4.69) is 0 Å². The third-order valence-electron chi connectivity index (χ3n) is 0. The van der Waals surface area contributed by atoms with Crippen LogP contribution in [-0.4, -0.2) is 11.6 Å². The van der Waals surface area contributed by atoms with E-state index in [1.54, 1.807) is 0 Å². The standard InChI is InChI=1S/CH2O2.HNO2.Na/c2*2-1-3;/h1H,(H,2,3);(H,2,3);/q;;+1/p-1. The quantitative estimate of drug-likeness (QED) is 0.157. The fraction of sp³-hybridized carbons (Fsp3) is 0. The maximum absolute atomic E-state index is 8.36. The van der Waals surface area contributed by atoms with E-state index in [0.717, 1.165) is 5.34 Å². The summed E-state index contributed by atoms with van der Waals surface area (Å²) < 4.78 is 0. The van der Waals surface area contributed by atoms with Gasteiger partial charge in [-0.25, -0.2) is 0 Å². The molecule has 0 spiro atoms. The second kappa shape index (κ2) is 39.8. The van der Waals surface area contributed by atoms with Crippen LogP contribution in [0.5, 0.6) is 0 Å². The first-order valence-electron chi connectivity index (χ1n) is 0.859. The second-order valence-corrected chi connectivity index (χ2v) is 0.180. The van der Waals surface area contributed by atoms with E-state index in [1.807, 2.05) is 0 Å². The SMILES string of the molecule is O=CO.O=N[O-].[Na+]. The molecule has 0 aliphatic carbocycles. The molecule has 0 aromatic carbocycles. The van der Waals surface area contributed by atoms with Gasteiger partial charge in [-0.1, -0.05) is 0 Å². The van der Waals surface area contributed by atoms with Crippen molar-refractivity contribution in [3.05, 3.63) is 10.1 Å². The molecule has 0 aliphatic heterocycles. The summed E-state index contributed by atoms with van der Waals surface area (Å²) in [5.41, 5.74) is 0. The zero-order valence-corrected chi connectivity index (χ0v) is 5.70. The molecular weight excluding hydrogens is 113 g/mol. The molecule has 0 fully saturated rings. The molecule has 1 N–H and O–H groups in total. The van der Waals surface area contributed by atoms with Gasteiger partial charge in [0.25, 0.3) is 6.47 Å². The summed E-state index contributed by atoms with van der Waals surface area (Å²) in [5.74, 6) is 0. The van der Waals surface area contributed by atoms with Crippen molar-refractivity contribution in [2.75, 3.05) is 0 Å². The predicted molar refractivity (Wildman–Crippen MR) is 17.9 cm³/mol. The van der Waals surface area contributed by atoms with Crippen molar-refractivity contribution in [3.63, 3.8) is 0 Å². The first kappa shape index (κ1) is 15.8. The maximum Gasteiger partial charge on any atom is 1.00 e. The van der Waals surface area contributed by atoms with Crippen LogP contribution in [0.15, 0.2) is 5.34 Å². The van der Waals surface area contributed by atoms with Gasteiger partial charge in [0.2, 0.25) is 0 Å². The summed E-state index contributed by atoms with van der Waals surface area (Å²) in [7, 11) is 0. The molecule has 0 radical (unpaired) electrons. The summed E-state index contributed by atoms with van der Waals surface area (Å²) in [4.78, 5) is 16.4. The van der Waals surface area contributed by atoms with E-state index in [4.69, 9.17) is 20.0 Å². The molecule has 5 nitrogen and oxygen atoms in total. The van der Waals surface area contributed by atoms with E-state index in [1.165, 1.54) is 0 Å². The molecule has 0 aromatic heterocycles. The minimum atomic E-state index is -0.250. The normalized spacial score (nSPS) is 3.43. The van der Waals surface area contributed by atoms with Crippen molar-refractivity contribution in [3.8, 4) is 0 Å². The van der Waals surface area contributed by atoms with Gasteiger partial charge < -0.3 is 15.2 Å². The number of hydrogen-bond donors (Lipinski definition) is 1. The number of nitrogens with zero attached hydrogens (tertiary/aromatic N) is 1. The average Bonchev–Trinajstić information content (AvgIpc) is 1.39. The van der Waals surface area contributed by atoms with Crippen LogP contribution in [0.25, 0.3) is 0 Å². The predicted octanol–water partition coefficient (Wildman–Crippen LogP) is -3.04. The van der Waals surface area contributed by atoms with Gasteiger partial charge in [0.15, 0.2) is 0 Å². The fourth-order valence-electron chi connectivity index (χ4n) is 0. The van der Waals surface area contributed by atoms with Gasteiger partial charge in [0, 0.05) is 0 Å². The van der Waals surface area contributed by atoms with Gasteiger partial charge in [-0.3, -0.25) is 4.79 Å². The largest absolute Gasteiger partial charge is 1.00 e. The molecule has 36 valence electrons. The molecule has 0 amide bonds. The summed E-state index contributed by atoms with van der Waals surface area (Å²) in [5, 5.41) is 15.9. The zero-order valence-electron chi connectivity index (χ0n) is 3.70. The van der Waals surface area contributed by atoms with E-state index in [9.17, 15) is 0 Å². The Balaban J connectivity index is -0.0000000400. The number of carbonyl (C=O) groups is 1. The second-order valence-electron chi connectivity index (χ2n) is 0.180. The summed E-state index contributed by atoms with van der Waals surface area (Å²) in [6.07, 6.45) is 0. The van der Waals surface area contributed by atoms with Gasteiger partial charge >= 0.3 is 29.6 Å². The Morgan fingerprint density at radius 2 is 1.71 bits per heavy atom. The van der Waals surface area contributed by atoms with Crippen LogP contribution in [0.4, 0.5) is 0 Å². The molecule has 0 bridgehead atoms. The molecule has 0 aliphatic rings. The molecule has 0 saturated heterocycles. The number of carboxylic acid groups (broad SMARTS) is 1. The Labute approximate surface area is 61.6 Å². The van der Waals surface area contributed by atoms with Crippen LogP contribution in [-0.2, 0) is 4.79 Å². The first-order chi connectivity index (χ1) is 2.83. The van der Waals surface area contributed by atoms with Gasteiger partial charge in [0.1, 0.15) is 0 Å². The van der Waals surface area contributed by atoms with Crippen molar-refractivity contribution >= 4 is 6.47 Å². The molecule has 0 rings (SSSR count).